The molecule has 4 aromatic rings. The van der Waals surface area contributed by atoms with E-state index in [1.165, 1.54) is 4.57 Å². The summed E-state index contributed by atoms with van der Waals surface area (Å²) in [4.78, 5) is 17.3. The summed E-state index contributed by atoms with van der Waals surface area (Å²) in [7, 11) is 1.76. The predicted molar refractivity (Wildman–Crippen MR) is 110 cm³/mol. The Bertz CT molecular complexity index is 1310. The molecule has 0 unspecified atom stereocenters. The van der Waals surface area contributed by atoms with E-state index in [-0.39, 0.29) is 23.9 Å². The zero-order valence-corrected chi connectivity index (χ0v) is 15.6. The summed E-state index contributed by atoms with van der Waals surface area (Å²) in [6, 6.07) is 12.9. The van der Waals surface area contributed by atoms with Crippen molar-refractivity contribution in [2.24, 2.45) is 17.3 Å². The molecule has 0 radical (unpaired) electrons. The molecule has 140 valence electrons. The Morgan fingerprint density at radius 1 is 1.18 bits per heavy atom. The second kappa shape index (κ2) is 6.77. The molecule has 0 spiro atoms. The van der Waals surface area contributed by atoms with Crippen molar-refractivity contribution in [1.82, 2.24) is 14.1 Å². The van der Waals surface area contributed by atoms with Crippen molar-refractivity contribution >= 4 is 33.4 Å². The molecule has 0 saturated carbocycles. The summed E-state index contributed by atoms with van der Waals surface area (Å²) in [5, 5.41) is 20.2. The third-order valence-corrected chi connectivity index (χ3v) is 4.69. The van der Waals surface area contributed by atoms with Crippen LogP contribution in [0.5, 0.6) is 5.88 Å². The molecule has 0 amide bonds. The Hall–Kier alpha value is -3.74. The second-order valence-electron chi connectivity index (χ2n) is 6.59. The Morgan fingerprint density at radius 2 is 1.96 bits per heavy atom. The fourth-order valence-corrected chi connectivity index (χ4v) is 3.25. The van der Waals surface area contributed by atoms with Crippen LogP contribution in [0.4, 0.5) is 11.6 Å². The highest BCUT2D eigenvalue weighted by Gasteiger charge is 2.15. The first-order valence-corrected chi connectivity index (χ1v) is 8.81. The van der Waals surface area contributed by atoms with E-state index in [1.54, 1.807) is 35.9 Å². The van der Waals surface area contributed by atoms with Crippen molar-refractivity contribution in [1.29, 1.82) is 0 Å². The number of benzene rings is 2. The van der Waals surface area contributed by atoms with E-state index in [9.17, 15) is 9.90 Å². The third-order valence-electron chi connectivity index (χ3n) is 4.69. The number of allylic oxidation sites excluding steroid dienone is 1. The number of hydrogen-bond acceptors (Lipinski definition) is 5. The summed E-state index contributed by atoms with van der Waals surface area (Å²) in [6.45, 7) is 5.93. The zero-order valence-electron chi connectivity index (χ0n) is 15.6. The van der Waals surface area contributed by atoms with Gasteiger partial charge in [-0.15, -0.1) is 16.8 Å². The number of nitrogens with zero attached hydrogens (tertiary/aromatic N) is 5. The highest BCUT2D eigenvalue weighted by atomic mass is 16.3. The van der Waals surface area contributed by atoms with E-state index in [0.29, 0.717) is 16.6 Å². The van der Waals surface area contributed by atoms with Crippen LogP contribution in [0, 0.1) is 6.92 Å². The standard InChI is InChI=1S/C21H19N5O2/c1-4-11-26-19(27)14-7-5-6-8-16(14)22-21(26)24-23-18-15-12-13(2)9-10-17(15)25(3)20(18)28/h4-10,12,28H,1,11H2,2-3H3. The molecule has 0 aliphatic carbocycles. The lowest BCUT2D eigenvalue weighted by Crippen LogP contribution is -2.20. The molecule has 1 N–H and O–H groups in total. The van der Waals surface area contributed by atoms with Gasteiger partial charge in [-0.3, -0.25) is 9.36 Å². The molecule has 0 fully saturated rings. The van der Waals surface area contributed by atoms with Crippen molar-refractivity contribution < 1.29 is 5.11 Å². The normalized spacial score (nSPS) is 11.6. The van der Waals surface area contributed by atoms with Crippen LogP contribution in [0.3, 0.4) is 0 Å². The number of rotatable bonds is 4. The molecule has 2 aromatic heterocycles. The van der Waals surface area contributed by atoms with Gasteiger partial charge in [0.15, 0.2) is 5.69 Å². The lowest BCUT2D eigenvalue weighted by atomic mass is 10.1. The van der Waals surface area contributed by atoms with E-state index < -0.39 is 0 Å². The monoisotopic (exact) mass is 373 g/mol. The van der Waals surface area contributed by atoms with Gasteiger partial charge >= 0.3 is 0 Å². The molecule has 0 atom stereocenters. The van der Waals surface area contributed by atoms with Crippen LogP contribution in [-0.4, -0.2) is 19.2 Å². The third kappa shape index (κ3) is 2.77. The highest BCUT2D eigenvalue weighted by Crippen LogP contribution is 2.38. The van der Waals surface area contributed by atoms with Crippen LogP contribution in [-0.2, 0) is 13.6 Å². The van der Waals surface area contributed by atoms with Crippen molar-refractivity contribution in [3.63, 3.8) is 0 Å². The molecule has 2 aromatic carbocycles. The molecule has 2 heterocycles. The molecule has 0 saturated heterocycles. The Labute approximate surface area is 160 Å². The maximum Gasteiger partial charge on any atom is 0.263 e. The van der Waals surface area contributed by atoms with Gasteiger partial charge in [0, 0.05) is 19.0 Å². The molecule has 28 heavy (non-hydrogen) atoms. The second-order valence-corrected chi connectivity index (χ2v) is 6.59. The minimum absolute atomic E-state index is 0.00255. The first kappa shape index (κ1) is 17.7. The molecule has 0 aliphatic rings. The Balaban J connectivity index is 1.92. The first-order chi connectivity index (χ1) is 13.5. The van der Waals surface area contributed by atoms with Crippen molar-refractivity contribution in [3.05, 3.63) is 71.0 Å². The average Bonchev–Trinajstić information content (AvgIpc) is 2.92. The number of aryl methyl sites for hydroxylation is 2. The molecule has 7 nitrogen and oxygen atoms in total. The van der Waals surface area contributed by atoms with Crippen LogP contribution in [0.25, 0.3) is 21.8 Å². The zero-order chi connectivity index (χ0) is 19.8. The van der Waals surface area contributed by atoms with Gasteiger partial charge in [0.1, 0.15) is 0 Å². The van der Waals surface area contributed by atoms with Crippen LogP contribution < -0.4 is 5.56 Å². The molecule has 0 bridgehead atoms. The van der Waals surface area contributed by atoms with Gasteiger partial charge in [0.05, 0.1) is 16.4 Å². The summed E-state index contributed by atoms with van der Waals surface area (Å²) in [5.74, 6) is 0.162. The van der Waals surface area contributed by atoms with E-state index in [1.807, 2.05) is 31.2 Å². The van der Waals surface area contributed by atoms with Crippen molar-refractivity contribution in [3.8, 4) is 5.88 Å². The Morgan fingerprint density at radius 3 is 2.75 bits per heavy atom. The van der Waals surface area contributed by atoms with E-state index in [4.69, 9.17) is 0 Å². The van der Waals surface area contributed by atoms with Gasteiger partial charge in [0.25, 0.3) is 11.5 Å². The fourth-order valence-electron chi connectivity index (χ4n) is 3.25. The summed E-state index contributed by atoms with van der Waals surface area (Å²) >= 11 is 0. The number of aromatic hydroxyl groups is 1. The van der Waals surface area contributed by atoms with Crippen LogP contribution >= 0.6 is 0 Å². The number of aromatic nitrogens is 3. The topological polar surface area (TPSA) is 84.8 Å². The van der Waals surface area contributed by atoms with Crippen molar-refractivity contribution in [2.75, 3.05) is 0 Å². The Kier molecular flexibility index (Phi) is 4.27. The summed E-state index contributed by atoms with van der Waals surface area (Å²) < 4.78 is 3.06. The predicted octanol–water partition coefficient (Wildman–Crippen LogP) is 4.50. The van der Waals surface area contributed by atoms with Gasteiger partial charge in [-0.25, -0.2) is 4.98 Å². The van der Waals surface area contributed by atoms with E-state index in [0.717, 1.165) is 16.5 Å². The largest absolute Gasteiger partial charge is 0.493 e. The van der Waals surface area contributed by atoms with E-state index in [2.05, 4.69) is 21.8 Å². The summed E-state index contributed by atoms with van der Waals surface area (Å²) in [6.07, 6.45) is 1.61. The minimum atomic E-state index is -0.211. The molecular weight excluding hydrogens is 354 g/mol. The molecule has 7 heteroatoms. The van der Waals surface area contributed by atoms with E-state index >= 15 is 0 Å². The molecule has 0 aliphatic heterocycles. The maximum absolute atomic E-state index is 12.8. The molecular formula is C21H19N5O2. The average molecular weight is 373 g/mol. The van der Waals surface area contributed by atoms with Crippen LogP contribution in [0.15, 0.2) is 70.1 Å². The summed E-state index contributed by atoms with van der Waals surface area (Å²) in [5.41, 5.74) is 2.56. The number of para-hydroxylation sites is 1. The minimum Gasteiger partial charge on any atom is -0.493 e. The van der Waals surface area contributed by atoms with Gasteiger partial charge < -0.3 is 9.67 Å². The number of hydrogen-bond donors (Lipinski definition) is 1. The lowest BCUT2D eigenvalue weighted by molar-refractivity contribution is 0.436. The highest BCUT2D eigenvalue weighted by molar-refractivity contribution is 5.95. The SMILES string of the molecule is C=CCn1c(N=Nc2c(O)n(C)c3ccc(C)cc23)nc2ccccc2c1=O. The molecule has 4 rings (SSSR count). The number of fused-ring (bicyclic) bond motifs is 2. The van der Waals surface area contributed by atoms with Gasteiger partial charge in [-0.2, -0.15) is 0 Å². The smallest absolute Gasteiger partial charge is 0.263 e. The van der Waals surface area contributed by atoms with Gasteiger partial charge in [-0.05, 0) is 31.2 Å². The van der Waals surface area contributed by atoms with Crippen molar-refractivity contribution in [2.45, 2.75) is 13.5 Å². The van der Waals surface area contributed by atoms with Gasteiger partial charge in [-0.1, -0.05) is 29.8 Å². The first-order valence-electron chi connectivity index (χ1n) is 8.81. The van der Waals surface area contributed by atoms with Crippen LogP contribution in [0.2, 0.25) is 0 Å². The quantitative estimate of drug-likeness (QED) is 0.422. The fraction of sp³-hybridized carbons (Fsp3) is 0.143. The number of azo groups is 1. The van der Waals surface area contributed by atoms with Crippen LogP contribution in [0.1, 0.15) is 5.56 Å². The lowest BCUT2D eigenvalue weighted by Gasteiger charge is -2.07. The van der Waals surface area contributed by atoms with Gasteiger partial charge in [0.2, 0.25) is 5.88 Å². The maximum atomic E-state index is 12.8.